The Kier molecular flexibility index (Phi) is 3.27. The molecule has 0 saturated heterocycles. The Morgan fingerprint density at radius 1 is 1.19 bits per heavy atom. The number of carboxylic acid groups (broad SMARTS) is 1. The van der Waals surface area contributed by atoms with E-state index in [4.69, 9.17) is 9.52 Å². The molecule has 0 aliphatic heterocycles. The van der Waals surface area contributed by atoms with Crippen molar-refractivity contribution in [2.24, 2.45) is 0 Å². The van der Waals surface area contributed by atoms with Crippen LogP contribution in [0.25, 0.3) is 10.8 Å². The number of aromatic carboxylic acids is 1. The number of benzene rings is 1. The van der Waals surface area contributed by atoms with Crippen LogP contribution in [0.5, 0.6) is 0 Å². The SMILES string of the molecule is Cc1nnc(NCc2ccc(C(=O)O)o2)c2ccccc12. The van der Waals surface area contributed by atoms with Crippen molar-refractivity contribution in [2.45, 2.75) is 13.5 Å². The number of carbonyl (C=O) groups is 1. The molecule has 106 valence electrons. The van der Waals surface area contributed by atoms with E-state index in [0.717, 1.165) is 16.5 Å². The van der Waals surface area contributed by atoms with Gasteiger partial charge < -0.3 is 14.8 Å². The highest BCUT2D eigenvalue weighted by atomic mass is 16.4. The largest absolute Gasteiger partial charge is 0.475 e. The Hall–Kier alpha value is -2.89. The summed E-state index contributed by atoms with van der Waals surface area (Å²) >= 11 is 0. The minimum absolute atomic E-state index is 0.0772. The standard InChI is InChI=1S/C15H13N3O3/c1-9-11-4-2-3-5-12(11)14(18-17-9)16-8-10-6-7-13(21-10)15(19)20/h2-7H,8H2,1H3,(H,16,18)(H,19,20). The summed E-state index contributed by atoms with van der Waals surface area (Å²) < 4.78 is 5.19. The maximum atomic E-state index is 10.8. The molecule has 0 unspecified atom stereocenters. The van der Waals surface area contributed by atoms with Gasteiger partial charge in [0.15, 0.2) is 5.82 Å². The first kappa shape index (κ1) is 13.1. The fraction of sp³-hybridized carbons (Fsp3) is 0.133. The number of aryl methyl sites for hydroxylation is 1. The minimum atomic E-state index is -1.08. The summed E-state index contributed by atoms with van der Waals surface area (Å²) in [6.07, 6.45) is 0. The Labute approximate surface area is 120 Å². The lowest BCUT2D eigenvalue weighted by molar-refractivity contribution is 0.0660. The highest BCUT2D eigenvalue weighted by Gasteiger charge is 2.10. The molecule has 0 atom stereocenters. The first-order valence-corrected chi connectivity index (χ1v) is 6.43. The maximum absolute atomic E-state index is 10.8. The van der Waals surface area contributed by atoms with Crippen molar-refractivity contribution in [1.29, 1.82) is 0 Å². The molecule has 3 aromatic rings. The molecule has 6 heteroatoms. The van der Waals surface area contributed by atoms with Crippen LogP contribution in [0, 0.1) is 6.92 Å². The number of nitrogens with one attached hydrogen (secondary N) is 1. The van der Waals surface area contributed by atoms with Crippen LogP contribution in [0.1, 0.15) is 22.0 Å². The third-order valence-electron chi connectivity index (χ3n) is 3.17. The molecule has 0 fully saturated rings. The zero-order chi connectivity index (χ0) is 14.8. The van der Waals surface area contributed by atoms with Gasteiger partial charge in [-0.1, -0.05) is 24.3 Å². The molecular formula is C15H13N3O3. The molecule has 0 aliphatic carbocycles. The second kappa shape index (κ2) is 5.24. The van der Waals surface area contributed by atoms with E-state index in [1.54, 1.807) is 6.07 Å². The summed E-state index contributed by atoms with van der Waals surface area (Å²) in [5, 5.41) is 22.2. The van der Waals surface area contributed by atoms with E-state index >= 15 is 0 Å². The van der Waals surface area contributed by atoms with Gasteiger partial charge in [-0.2, -0.15) is 5.10 Å². The van der Waals surface area contributed by atoms with Crippen molar-refractivity contribution in [3.05, 3.63) is 53.6 Å². The fourth-order valence-electron chi connectivity index (χ4n) is 2.13. The zero-order valence-corrected chi connectivity index (χ0v) is 11.3. The molecule has 2 N–H and O–H groups in total. The highest BCUT2D eigenvalue weighted by Crippen LogP contribution is 2.22. The van der Waals surface area contributed by atoms with E-state index in [2.05, 4.69) is 15.5 Å². The summed E-state index contributed by atoms with van der Waals surface area (Å²) in [6, 6.07) is 10.9. The van der Waals surface area contributed by atoms with E-state index in [9.17, 15) is 4.79 Å². The summed E-state index contributed by atoms with van der Waals surface area (Å²) in [4.78, 5) is 10.8. The van der Waals surface area contributed by atoms with Crippen molar-refractivity contribution in [1.82, 2.24) is 10.2 Å². The molecule has 1 aromatic carbocycles. The Balaban J connectivity index is 1.85. The van der Waals surface area contributed by atoms with E-state index in [1.165, 1.54) is 6.07 Å². The van der Waals surface area contributed by atoms with E-state index in [0.29, 0.717) is 18.1 Å². The number of carboxylic acids is 1. The van der Waals surface area contributed by atoms with Crippen molar-refractivity contribution in [2.75, 3.05) is 5.32 Å². The first-order valence-electron chi connectivity index (χ1n) is 6.43. The normalized spacial score (nSPS) is 10.7. The average Bonchev–Trinajstić information content (AvgIpc) is 2.96. The average molecular weight is 283 g/mol. The summed E-state index contributed by atoms with van der Waals surface area (Å²) in [5.74, 6) is 0.0109. The molecule has 6 nitrogen and oxygen atoms in total. The second-order valence-electron chi connectivity index (χ2n) is 4.60. The fourth-order valence-corrected chi connectivity index (χ4v) is 2.13. The van der Waals surface area contributed by atoms with Crippen molar-refractivity contribution >= 4 is 22.6 Å². The van der Waals surface area contributed by atoms with Gasteiger partial charge in [-0.3, -0.25) is 0 Å². The third-order valence-corrected chi connectivity index (χ3v) is 3.17. The Morgan fingerprint density at radius 2 is 1.95 bits per heavy atom. The van der Waals surface area contributed by atoms with Gasteiger partial charge in [0, 0.05) is 10.8 Å². The maximum Gasteiger partial charge on any atom is 0.371 e. The van der Waals surface area contributed by atoms with Crippen molar-refractivity contribution < 1.29 is 14.3 Å². The van der Waals surface area contributed by atoms with Crippen molar-refractivity contribution in [3.8, 4) is 0 Å². The van der Waals surface area contributed by atoms with Crippen LogP contribution >= 0.6 is 0 Å². The quantitative estimate of drug-likeness (QED) is 0.765. The molecule has 3 rings (SSSR count). The lowest BCUT2D eigenvalue weighted by atomic mass is 10.1. The minimum Gasteiger partial charge on any atom is -0.475 e. The number of rotatable bonds is 4. The van der Waals surface area contributed by atoms with Crippen LogP contribution in [0.15, 0.2) is 40.8 Å². The predicted molar refractivity (Wildman–Crippen MR) is 77.3 cm³/mol. The van der Waals surface area contributed by atoms with Gasteiger partial charge in [-0.05, 0) is 19.1 Å². The van der Waals surface area contributed by atoms with Gasteiger partial charge in [-0.25, -0.2) is 4.79 Å². The number of fused-ring (bicyclic) bond motifs is 1. The van der Waals surface area contributed by atoms with Crippen LogP contribution in [0.3, 0.4) is 0 Å². The monoisotopic (exact) mass is 283 g/mol. The van der Waals surface area contributed by atoms with Gasteiger partial charge in [0.25, 0.3) is 0 Å². The molecule has 2 aromatic heterocycles. The van der Waals surface area contributed by atoms with E-state index in [1.807, 2.05) is 31.2 Å². The van der Waals surface area contributed by atoms with Crippen LogP contribution in [0.4, 0.5) is 5.82 Å². The molecule has 0 amide bonds. The van der Waals surface area contributed by atoms with Crippen LogP contribution in [-0.4, -0.2) is 21.3 Å². The van der Waals surface area contributed by atoms with E-state index in [-0.39, 0.29) is 5.76 Å². The topological polar surface area (TPSA) is 88.2 Å². The lowest BCUT2D eigenvalue weighted by Gasteiger charge is -2.08. The van der Waals surface area contributed by atoms with Crippen LogP contribution < -0.4 is 5.32 Å². The van der Waals surface area contributed by atoms with Gasteiger partial charge in [0.05, 0.1) is 12.2 Å². The molecule has 21 heavy (non-hydrogen) atoms. The summed E-state index contributed by atoms with van der Waals surface area (Å²) in [5.41, 5.74) is 0.863. The van der Waals surface area contributed by atoms with Gasteiger partial charge >= 0.3 is 5.97 Å². The lowest BCUT2D eigenvalue weighted by Crippen LogP contribution is -2.03. The Bertz CT molecular complexity index is 811. The van der Waals surface area contributed by atoms with Gasteiger partial charge in [0.2, 0.25) is 5.76 Å². The smallest absolute Gasteiger partial charge is 0.371 e. The second-order valence-corrected chi connectivity index (χ2v) is 4.60. The van der Waals surface area contributed by atoms with Crippen LogP contribution in [0.2, 0.25) is 0 Å². The highest BCUT2D eigenvalue weighted by molar-refractivity contribution is 5.92. The number of hydrogen-bond donors (Lipinski definition) is 2. The molecule has 2 heterocycles. The number of nitrogens with zero attached hydrogens (tertiary/aromatic N) is 2. The first-order chi connectivity index (χ1) is 10.1. The number of hydrogen-bond acceptors (Lipinski definition) is 5. The summed E-state index contributed by atoms with van der Waals surface area (Å²) in [6.45, 7) is 2.25. The van der Waals surface area contributed by atoms with Gasteiger partial charge in [-0.15, -0.1) is 5.10 Å². The molecule has 0 bridgehead atoms. The zero-order valence-electron chi connectivity index (χ0n) is 11.3. The van der Waals surface area contributed by atoms with Crippen LogP contribution in [-0.2, 0) is 6.54 Å². The van der Waals surface area contributed by atoms with Gasteiger partial charge in [0.1, 0.15) is 5.76 Å². The third kappa shape index (κ3) is 2.55. The molecule has 0 aliphatic rings. The number of anilines is 1. The molecule has 0 saturated carbocycles. The Morgan fingerprint density at radius 3 is 2.67 bits per heavy atom. The number of furan rings is 1. The van der Waals surface area contributed by atoms with E-state index < -0.39 is 5.97 Å². The summed E-state index contributed by atoms with van der Waals surface area (Å²) in [7, 11) is 0. The molecule has 0 radical (unpaired) electrons. The molecular weight excluding hydrogens is 270 g/mol. The predicted octanol–water partition coefficient (Wildman–Crippen LogP) is 2.84. The molecule has 0 spiro atoms. The number of aromatic nitrogens is 2. The van der Waals surface area contributed by atoms with Crippen molar-refractivity contribution in [3.63, 3.8) is 0 Å².